The fourth-order valence-electron chi connectivity index (χ4n) is 13.5. The zero-order valence-electron chi connectivity index (χ0n) is 32.4. The second-order valence-electron chi connectivity index (χ2n) is 20.7. The summed E-state index contributed by atoms with van der Waals surface area (Å²) < 4.78 is 18.5. The molecule has 1 unspecified atom stereocenters. The van der Waals surface area contributed by atoms with Crippen LogP contribution in [0.5, 0.6) is 0 Å². The summed E-state index contributed by atoms with van der Waals surface area (Å²) in [6, 6.07) is -0.836. The lowest BCUT2D eigenvalue weighted by Gasteiger charge is -2.64. The van der Waals surface area contributed by atoms with Gasteiger partial charge in [0.15, 0.2) is 0 Å². The van der Waals surface area contributed by atoms with Crippen LogP contribution in [0.4, 0.5) is 4.79 Å². The van der Waals surface area contributed by atoms with Gasteiger partial charge in [0.25, 0.3) is 0 Å². The van der Waals surface area contributed by atoms with Gasteiger partial charge in [-0.3, -0.25) is 0 Å². The standard InChI is InChI=1S/C40H67NO8/c1-22(2)28(41-32(45)49-33(3,4)5)31(44)47-26-14-16-40-21-39(40)18-17-36(10)30(38(12)15-13-27(48-38)35(8,9)46)24(43)20-37(36,11)25(39)19-23(42)29(40)34(26,6)7/h22-30,42-43,46H,13-21H2,1-12H3,(H,41,45)/t23-,24-,25?,26-,27-,28-,29-,30-,36+,37-,38+,39-,40+/m0/s1. The number of ether oxygens (including phenoxy) is 3. The van der Waals surface area contributed by atoms with E-state index in [0.29, 0.717) is 12.8 Å². The molecule has 0 aromatic rings. The summed E-state index contributed by atoms with van der Waals surface area (Å²) in [6.45, 7) is 24.1. The molecule has 5 aliphatic carbocycles. The molecule has 49 heavy (non-hydrogen) atoms. The molecule has 5 saturated carbocycles. The average Bonchev–Trinajstić information content (AvgIpc) is 3.29. The second kappa shape index (κ2) is 11.3. The Kier molecular flexibility index (Phi) is 8.60. The normalized spacial score (nSPS) is 47.7. The first-order chi connectivity index (χ1) is 22.3. The van der Waals surface area contributed by atoms with Gasteiger partial charge in [-0.05, 0) is 139 Å². The maximum absolute atomic E-state index is 13.7. The molecule has 2 spiro atoms. The Balaban J connectivity index is 1.22. The number of carbonyl (C=O) groups excluding carboxylic acids is 2. The lowest BCUT2D eigenvalue weighted by Crippen LogP contribution is -2.62. The maximum Gasteiger partial charge on any atom is 0.408 e. The van der Waals surface area contributed by atoms with E-state index >= 15 is 0 Å². The summed E-state index contributed by atoms with van der Waals surface area (Å²) in [6.07, 6.45) is 5.41. The summed E-state index contributed by atoms with van der Waals surface area (Å²) in [5.74, 6) is -0.430. The number of carbonyl (C=O) groups is 2. The van der Waals surface area contributed by atoms with E-state index in [4.69, 9.17) is 14.2 Å². The molecule has 6 rings (SSSR count). The van der Waals surface area contributed by atoms with Gasteiger partial charge in [-0.2, -0.15) is 0 Å². The van der Waals surface area contributed by atoms with E-state index in [1.807, 2.05) is 27.7 Å². The van der Waals surface area contributed by atoms with Gasteiger partial charge in [-0.25, -0.2) is 9.59 Å². The number of rotatable bonds is 6. The van der Waals surface area contributed by atoms with Crippen molar-refractivity contribution < 1.29 is 39.1 Å². The molecule has 0 aromatic heterocycles. The van der Waals surface area contributed by atoms with Gasteiger partial charge < -0.3 is 34.8 Å². The minimum absolute atomic E-state index is 0.0163. The number of hydrogen-bond donors (Lipinski definition) is 4. The van der Waals surface area contributed by atoms with E-state index < -0.39 is 52.5 Å². The predicted molar refractivity (Wildman–Crippen MR) is 186 cm³/mol. The summed E-state index contributed by atoms with van der Waals surface area (Å²) in [5, 5.41) is 37.8. The summed E-state index contributed by atoms with van der Waals surface area (Å²) in [7, 11) is 0. The fourth-order valence-corrected chi connectivity index (χ4v) is 13.5. The van der Waals surface area contributed by atoms with Crippen LogP contribution < -0.4 is 5.32 Å². The van der Waals surface area contributed by atoms with E-state index in [2.05, 4.69) is 39.9 Å². The van der Waals surface area contributed by atoms with Gasteiger partial charge in [-0.1, -0.05) is 41.5 Å². The molecule has 4 N–H and O–H groups in total. The van der Waals surface area contributed by atoms with Crippen LogP contribution in [-0.2, 0) is 19.0 Å². The van der Waals surface area contributed by atoms with Crippen molar-refractivity contribution in [3.05, 3.63) is 0 Å². The van der Waals surface area contributed by atoms with E-state index in [1.165, 1.54) is 0 Å². The molecule has 0 aromatic carbocycles. The zero-order chi connectivity index (χ0) is 36.5. The van der Waals surface area contributed by atoms with Crippen molar-refractivity contribution in [2.45, 2.75) is 188 Å². The van der Waals surface area contributed by atoms with Crippen LogP contribution >= 0.6 is 0 Å². The van der Waals surface area contributed by atoms with E-state index in [9.17, 15) is 24.9 Å². The Labute approximate surface area is 295 Å². The molecular formula is C40H67NO8. The number of esters is 1. The van der Waals surface area contributed by atoms with Crippen LogP contribution in [-0.4, -0.2) is 74.6 Å². The van der Waals surface area contributed by atoms with Crippen molar-refractivity contribution in [3.63, 3.8) is 0 Å². The Hall–Kier alpha value is -1.42. The second-order valence-corrected chi connectivity index (χ2v) is 20.7. The van der Waals surface area contributed by atoms with Gasteiger partial charge in [0.1, 0.15) is 17.7 Å². The molecule has 1 amide bonds. The van der Waals surface area contributed by atoms with Crippen molar-refractivity contribution in [2.24, 2.45) is 50.7 Å². The molecule has 9 heteroatoms. The summed E-state index contributed by atoms with van der Waals surface area (Å²) >= 11 is 0. The number of nitrogens with one attached hydrogen (secondary N) is 1. The quantitative estimate of drug-likeness (QED) is 0.231. The number of amides is 1. The monoisotopic (exact) mass is 689 g/mol. The molecule has 280 valence electrons. The van der Waals surface area contributed by atoms with Crippen LogP contribution in [0.3, 0.4) is 0 Å². The highest BCUT2D eigenvalue weighted by Crippen LogP contribution is 2.89. The minimum Gasteiger partial charge on any atom is -0.460 e. The highest BCUT2D eigenvalue weighted by Gasteiger charge is 2.85. The third kappa shape index (κ3) is 5.43. The highest BCUT2D eigenvalue weighted by atomic mass is 16.6. The smallest absolute Gasteiger partial charge is 0.408 e. The number of aliphatic hydroxyl groups is 3. The largest absolute Gasteiger partial charge is 0.460 e. The Bertz CT molecular complexity index is 1330. The predicted octanol–water partition coefficient (Wildman–Crippen LogP) is 6.54. The lowest BCUT2D eigenvalue weighted by atomic mass is 9.41. The average molecular weight is 690 g/mol. The first kappa shape index (κ1) is 37.3. The van der Waals surface area contributed by atoms with Crippen molar-refractivity contribution >= 4 is 12.1 Å². The molecule has 1 aliphatic heterocycles. The van der Waals surface area contributed by atoms with Gasteiger partial charge >= 0.3 is 12.1 Å². The highest BCUT2D eigenvalue weighted by molar-refractivity contribution is 5.82. The lowest BCUT2D eigenvalue weighted by molar-refractivity contribution is -0.218. The van der Waals surface area contributed by atoms with Crippen molar-refractivity contribution in [1.82, 2.24) is 5.32 Å². The Morgan fingerprint density at radius 3 is 2.08 bits per heavy atom. The molecule has 6 aliphatic rings. The topological polar surface area (TPSA) is 135 Å². The van der Waals surface area contributed by atoms with Gasteiger partial charge in [-0.15, -0.1) is 0 Å². The number of aliphatic hydroxyl groups excluding tert-OH is 2. The number of hydrogen-bond acceptors (Lipinski definition) is 8. The van der Waals surface area contributed by atoms with Crippen molar-refractivity contribution in [3.8, 4) is 0 Å². The van der Waals surface area contributed by atoms with Crippen LogP contribution in [0, 0.1) is 50.7 Å². The molecular weight excluding hydrogens is 622 g/mol. The SMILES string of the molecule is CC(C)[C@H](NC(=O)OC(C)(C)C)C(=O)O[C@H]1CC[C@]23C[C@]24CC[C@]2(C)[C@@H]([C@@]5(C)CC[C@@H](C(C)(C)O)O5)[C@@H](O)C[C@@]2(C)C4C[C@H](O)[C@H]3C1(C)C. The number of fused-ring (bicyclic) bond motifs is 2. The van der Waals surface area contributed by atoms with E-state index in [1.54, 1.807) is 20.8 Å². The van der Waals surface area contributed by atoms with Crippen molar-refractivity contribution in [2.75, 3.05) is 0 Å². The first-order valence-corrected chi connectivity index (χ1v) is 19.2. The zero-order valence-corrected chi connectivity index (χ0v) is 32.4. The molecule has 0 bridgehead atoms. The van der Waals surface area contributed by atoms with Crippen LogP contribution in [0.1, 0.15) is 141 Å². The van der Waals surface area contributed by atoms with E-state index in [-0.39, 0.29) is 57.5 Å². The van der Waals surface area contributed by atoms with Crippen LogP contribution in [0.2, 0.25) is 0 Å². The number of alkyl carbamates (subject to hydrolysis) is 1. The van der Waals surface area contributed by atoms with Crippen LogP contribution in [0.15, 0.2) is 0 Å². The van der Waals surface area contributed by atoms with Crippen molar-refractivity contribution in [1.29, 1.82) is 0 Å². The molecule has 1 saturated heterocycles. The third-order valence-corrected chi connectivity index (χ3v) is 15.6. The third-order valence-electron chi connectivity index (χ3n) is 15.6. The van der Waals surface area contributed by atoms with E-state index in [0.717, 1.165) is 44.9 Å². The molecule has 1 heterocycles. The molecule has 13 atom stereocenters. The summed E-state index contributed by atoms with van der Waals surface area (Å²) in [5.41, 5.74) is -2.88. The van der Waals surface area contributed by atoms with Gasteiger partial charge in [0.2, 0.25) is 0 Å². The first-order valence-electron chi connectivity index (χ1n) is 19.2. The Morgan fingerprint density at radius 2 is 1.51 bits per heavy atom. The molecule has 0 radical (unpaired) electrons. The fraction of sp³-hybridized carbons (Fsp3) is 0.950. The van der Waals surface area contributed by atoms with Gasteiger partial charge in [0, 0.05) is 11.3 Å². The molecule has 6 fully saturated rings. The van der Waals surface area contributed by atoms with Gasteiger partial charge in [0.05, 0.1) is 29.5 Å². The summed E-state index contributed by atoms with van der Waals surface area (Å²) in [4.78, 5) is 26.3. The maximum atomic E-state index is 13.7. The van der Waals surface area contributed by atoms with Crippen LogP contribution in [0.25, 0.3) is 0 Å². The molecule has 9 nitrogen and oxygen atoms in total. The Morgan fingerprint density at radius 1 is 0.857 bits per heavy atom. The minimum atomic E-state index is -0.935.